The van der Waals surface area contributed by atoms with E-state index in [9.17, 15) is 9.59 Å². The fourth-order valence-corrected chi connectivity index (χ4v) is 1.66. The van der Waals surface area contributed by atoms with E-state index in [1.54, 1.807) is 32.0 Å². The molecular weight excluding hydrogens is 260 g/mol. The monoisotopic (exact) mass is 274 g/mol. The van der Waals surface area contributed by atoms with Gasteiger partial charge in [0.25, 0.3) is 5.91 Å². The number of carbonyl (C=O) groups excluding carboxylic acids is 2. The molecule has 0 atom stereocenters. The van der Waals surface area contributed by atoms with Gasteiger partial charge in [0.15, 0.2) is 0 Å². The summed E-state index contributed by atoms with van der Waals surface area (Å²) in [6, 6.07) is 5.04. The van der Waals surface area contributed by atoms with Crippen molar-refractivity contribution in [1.29, 1.82) is 0 Å². The Kier molecular flexibility index (Phi) is 3.79. The molecule has 2 aromatic heterocycles. The molecule has 2 rings (SSSR count). The van der Waals surface area contributed by atoms with Crippen molar-refractivity contribution in [1.82, 2.24) is 14.8 Å². The standard InChI is InChI=1S/C13H14N4O3/c1-3-20-13(19)9-7-15-17(11(9)14)12(18)10-6-4-5-8(2)16-10/h4-7H,3,14H2,1-2H3. The van der Waals surface area contributed by atoms with E-state index in [1.165, 1.54) is 6.20 Å². The molecule has 0 aliphatic heterocycles. The minimum absolute atomic E-state index is 0.0586. The topological polar surface area (TPSA) is 100 Å². The maximum atomic E-state index is 12.2. The summed E-state index contributed by atoms with van der Waals surface area (Å²) in [4.78, 5) is 27.9. The van der Waals surface area contributed by atoms with E-state index in [4.69, 9.17) is 10.5 Å². The number of aromatic nitrogens is 3. The van der Waals surface area contributed by atoms with Gasteiger partial charge in [-0.15, -0.1) is 0 Å². The Labute approximate surface area is 115 Å². The zero-order chi connectivity index (χ0) is 14.7. The Morgan fingerprint density at radius 2 is 2.15 bits per heavy atom. The molecule has 2 N–H and O–H groups in total. The number of anilines is 1. The number of rotatable bonds is 3. The number of ether oxygens (including phenoxy) is 1. The van der Waals surface area contributed by atoms with Crippen LogP contribution in [0, 0.1) is 6.92 Å². The number of pyridine rings is 1. The van der Waals surface area contributed by atoms with Gasteiger partial charge in [0.05, 0.1) is 12.8 Å². The number of nitrogens with zero attached hydrogens (tertiary/aromatic N) is 3. The third kappa shape index (κ3) is 2.51. The summed E-state index contributed by atoms with van der Waals surface area (Å²) in [6.07, 6.45) is 1.21. The number of nitrogen functional groups attached to an aromatic ring is 1. The quantitative estimate of drug-likeness (QED) is 0.839. The zero-order valence-corrected chi connectivity index (χ0v) is 11.2. The van der Waals surface area contributed by atoms with Gasteiger partial charge >= 0.3 is 5.97 Å². The number of hydrogen-bond acceptors (Lipinski definition) is 6. The molecule has 7 heteroatoms. The summed E-state index contributed by atoms with van der Waals surface area (Å²) in [5.74, 6) is -1.17. The third-order valence-electron chi connectivity index (χ3n) is 2.60. The lowest BCUT2D eigenvalue weighted by Crippen LogP contribution is -2.18. The van der Waals surface area contributed by atoms with Gasteiger partial charge in [0, 0.05) is 5.69 Å². The number of aryl methyl sites for hydroxylation is 1. The van der Waals surface area contributed by atoms with Crippen LogP contribution in [0.25, 0.3) is 0 Å². The fraction of sp³-hybridized carbons (Fsp3) is 0.231. The van der Waals surface area contributed by atoms with E-state index >= 15 is 0 Å². The van der Waals surface area contributed by atoms with Crippen LogP contribution >= 0.6 is 0 Å². The number of esters is 1. The minimum Gasteiger partial charge on any atom is -0.462 e. The smallest absolute Gasteiger partial charge is 0.343 e. The van der Waals surface area contributed by atoms with Crippen molar-refractivity contribution in [2.24, 2.45) is 0 Å². The highest BCUT2D eigenvalue weighted by Crippen LogP contribution is 2.14. The van der Waals surface area contributed by atoms with Crippen molar-refractivity contribution in [3.63, 3.8) is 0 Å². The molecule has 0 aliphatic carbocycles. The molecule has 0 fully saturated rings. The molecule has 0 amide bonds. The van der Waals surface area contributed by atoms with Crippen molar-refractivity contribution in [2.45, 2.75) is 13.8 Å². The zero-order valence-electron chi connectivity index (χ0n) is 11.2. The van der Waals surface area contributed by atoms with E-state index in [2.05, 4.69) is 10.1 Å². The number of hydrogen-bond donors (Lipinski definition) is 1. The van der Waals surface area contributed by atoms with Crippen molar-refractivity contribution < 1.29 is 14.3 Å². The summed E-state index contributed by atoms with van der Waals surface area (Å²) < 4.78 is 5.77. The largest absolute Gasteiger partial charge is 0.462 e. The van der Waals surface area contributed by atoms with Gasteiger partial charge in [-0.25, -0.2) is 9.78 Å². The van der Waals surface area contributed by atoms with Gasteiger partial charge in [-0.05, 0) is 26.0 Å². The van der Waals surface area contributed by atoms with E-state index in [0.29, 0.717) is 5.69 Å². The number of nitrogens with two attached hydrogens (primary N) is 1. The van der Waals surface area contributed by atoms with Crippen LogP contribution in [0.2, 0.25) is 0 Å². The highest BCUT2D eigenvalue weighted by atomic mass is 16.5. The van der Waals surface area contributed by atoms with Gasteiger partial charge in [-0.2, -0.15) is 9.78 Å². The SMILES string of the molecule is CCOC(=O)c1cnn(C(=O)c2cccc(C)n2)c1N. The second kappa shape index (κ2) is 5.52. The molecule has 0 radical (unpaired) electrons. The molecular formula is C13H14N4O3. The summed E-state index contributed by atoms with van der Waals surface area (Å²) in [6.45, 7) is 3.67. The van der Waals surface area contributed by atoms with Gasteiger partial charge in [-0.3, -0.25) is 4.79 Å². The summed E-state index contributed by atoms with van der Waals surface area (Å²) in [5, 5.41) is 3.83. The van der Waals surface area contributed by atoms with Crippen molar-refractivity contribution in [2.75, 3.05) is 12.3 Å². The Balaban J connectivity index is 2.35. The summed E-state index contributed by atoms with van der Waals surface area (Å²) in [5.41, 5.74) is 6.73. The predicted octanol–water partition coefficient (Wildman–Crippen LogP) is 1.03. The van der Waals surface area contributed by atoms with Crippen LogP contribution in [0.5, 0.6) is 0 Å². The molecule has 0 aromatic carbocycles. The lowest BCUT2D eigenvalue weighted by atomic mass is 10.3. The lowest BCUT2D eigenvalue weighted by Gasteiger charge is -2.04. The van der Waals surface area contributed by atoms with Crippen molar-refractivity contribution in [3.8, 4) is 0 Å². The first-order valence-electron chi connectivity index (χ1n) is 6.03. The van der Waals surface area contributed by atoms with Gasteiger partial charge in [0.1, 0.15) is 17.1 Å². The molecule has 0 bridgehead atoms. The molecule has 0 saturated carbocycles. The molecule has 0 saturated heterocycles. The first kappa shape index (κ1) is 13.7. The summed E-state index contributed by atoms with van der Waals surface area (Å²) in [7, 11) is 0. The van der Waals surface area contributed by atoms with Gasteiger partial charge in [-0.1, -0.05) is 6.07 Å². The molecule has 20 heavy (non-hydrogen) atoms. The van der Waals surface area contributed by atoms with Gasteiger partial charge in [0.2, 0.25) is 0 Å². The third-order valence-corrected chi connectivity index (χ3v) is 2.60. The van der Waals surface area contributed by atoms with E-state index < -0.39 is 11.9 Å². The fourth-order valence-electron chi connectivity index (χ4n) is 1.66. The molecule has 7 nitrogen and oxygen atoms in total. The summed E-state index contributed by atoms with van der Waals surface area (Å²) >= 11 is 0. The molecule has 2 heterocycles. The molecule has 0 unspecified atom stereocenters. The lowest BCUT2D eigenvalue weighted by molar-refractivity contribution is 0.0527. The molecule has 104 valence electrons. The normalized spacial score (nSPS) is 10.3. The molecule has 2 aromatic rings. The number of carbonyl (C=O) groups is 2. The first-order valence-corrected chi connectivity index (χ1v) is 6.03. The van der Waals surface area contributed by atoms with Crippen LogP contribution < -0.4 is 5.73 Å². The predicted molar refractivity (Wildman–Crippen MR) is 71.3 cm³/mol. The van der Waals surface area contributed by atoms with E-state index in [-0.39, 0.29) is 23.7 Å². The Bertz CT molecular complexity index is 663. The maximum Gasteiger partial charge on any atom is 0.343 e. The van der Waals surface area contributed by atoms with Crippen molar-refractivity contribution >= 4 is 17.7 Å². The van der Waals surface area contributed by atoms with Crippen LogP contribution in [0.15, 0.2) is 24.4 Å². The molecule has 0 spiro atoms. The highest BCUT2D eigenvalue weighted by Gasteiger charge is 2.21. The average molecular weight is 274 g/mol. The van der Waals surface area contributed by atoms with E-state index in [0.717, 1.165) is 4.68 Å². The van der Waals surface area contributed by atoms with Crippen LogP contribution in [-0.4, -0.2) is 33.2 Å². The van der Waals surface area contributed by atoms with Gasteiger partial charge < -0.3 is 10.5 Å². The highest BCUT2D eigenvalue weighted by molar-refractivity contribution is 6.00. The first-order chi connectivity index (χ1) is 9.54. The van der Waals surface area contributed by atoms with Crippen LogP contribution in [0.3, 0.4) is 0 Å². The Morgan fingerprint density at radius 3 is 2.80 bits per heavy atom. The second-order valence-electron chi connectivity index (χ2n) is 4.05. The van der Waals surface area contributed by atoms with Crippen LogP contribution in [-0.2, 0) is 4.74 Å². The second-order valence-corrected chi connectivity index (χ2v) is 4.05. The maximum absolute atomic E-state index is 12.2. The van der Waals surface area contributed by atoms with E-state index in [1.807, 2.05) is 0 Å². The Hall–Kier alpha value is -2.70. The van der Waals surface area contributed by atoms with Crippen LogP contribution in [0.4, 0.5) is 5.82 Å². The minimum atomic E-state index is -0.610. The average Bonchev–Trinajstić information content (AvgIpc) is 2.80. The van der Waals surface area contributed by atoms with Crippen molar-refractivity contribution in [3.05, 3.63) is 41.3 Å². The van der Waals surface area contributed by atoms with Crippen LogP contribution in [0.1, 0.15) is 33.5 Å². The Morgan fingerprint density at radius 1 is 1.40 bits per heavy atom. The molecule has 0 aliphatic rings.